The molecule has 0 aliphatic heterocycles. The van der Waals surface area contributed by atoms with E-state index in [0.29, 0.717) is 5.56 Å². The van der Waals surface area contributed by atoms with Crippen LogP contribution in [0.4, 0.5) is 0 Å². The minimum Gasteiger partial charge on any atom is -0.478 e. The lowest BCUT2D eigenvalue weighted by Gasteiger charge is -2.25. The second-order valence-corrected chi connectivity index (χ2v) is 5.03. The van der Waals surface area contributed by atoms with Gasteiger partial charge in [0, 0.05) is 0 Å². The van der Waals surface area contributed by atoms with Crippen LogP contribution >= 0.6 is 0 Å². The molecular formula is C14H20O2. The molecule has 0 unspecified atom stereocenters. The zero-order chi connectivity index (χ0) is 12.3. The molecule has 0 aromatic heterocycles. The first kappa shape index (κ1) is 12.8. The van der Waals surface area contributed by atoms with Gasteiger partial charge in [-0.25, -0.2) is 4.79 Å². The monoisotopic (exact) mass is 220 g/mol. The highest BCUT2D eigenvalue weighted by atomic mass is 16.4. The van der Waals surface area contributed by atoms with Gasteiger partial charge in [-0.3, -0.25) is 0 Å². The molecule has 2 nitrogen and oxygen atoms in total. The molecule has 0 amide bonds. The van der Waals surface area contributed by atoms with E-state index in [1.807, 2.05) is 6.92 Å². The fourth-order valence-electron chi connectivity index (χ4n) is 2.07. The molecule has 1 N–H and O–H groups in total. The lowest BCUT2D eigenvalue weighted by molar-refractivity contribution is 0.0696. The molecule has 0 aliphatic carbocycles. The third kappa shape index (κ3) is 2.84. The largest absolute Gasteiger partial charge is 0.478 e. The molecule has 1 aromatic rings. The summed E-state index contributed by atoms with van der Waals surface area (Å²) < 4.78 is 0. The molecule has 0 bridgehead atoms. The first-order chi connectivity index (χ1) is 7.36. The minimum atomic E-state index is -0.850. The maximum absolute atomic E-state index is 11.0. The van der Waals surface area contributed by atoms with Crippen molar-refractivity contribution in [1.29, 1.82) is 0 Å². The van der Waals surface area contributed by atoms with E-state index in [0.717, 1.165) is 24.0 Å². The van der Waals surface area contributed by atoms with E-state index in [2.05, 4.69) is 26.8 Å². The van der Waals surface area contributed by atoms with Crippen molar-refractivity contribution in [3.8, 4) is 0 Å². The van der Waals surface area contributed by atoms with Crippen molar-refractivity contribution in [2.24, 2.45) is 0 Å². The number of aromatic carboxylic acids is 1. The SMILES string of the molecule is CCCC(C)(C)c1cc(C)cc(C(=O)O)c1. The van der Waals surface area contributed by atoms with Crippen molar-refractivity contribution in [3.05, 3.63) is 34.9 Å². The maximum Gasteiger partial charge on any atom is 0.335 e. The summed E-state index contributed by atoms with van der Waals surface area (Å²) in [4.78, 5) is 11.0. The lowest BCUT2D eigenvalue weighted by Crippen LogP contribution is -2.17. The van der Waals surface area contributed by atoms with Crippen LogP contribution < -0.4 is 0 Å². The molecule has 1 rings (SSSR count). The highest BCUT2D eigenvalue weighted by Gasteiger charge is 2.21. The van der Waals surface area contributed by atoms with Crippen molar-refractivity contribution < 1.29 is 9.90 Å². The molecular weight excluding hydrogens is 200 g/mol. The molecule has 16 heavy (non-hydrogen) atoms. The molecule has 1 aromatic carbocycles. The Morgan fingerprint density at radius 3 is 2.44 bits per heavy atom. The van der Waals surface area contributed by atoms with Crippen molar-refractivity contribution >= 4 is 5.97 Å². The van der Waals surface area contributed by atoms with Crippen molar-refractivity contribution in [2.45, 2.75) is 46.0 Å². The number of hydrogen-bond acceptors (Lipinski definition) is 1. The zero-order valence-electron chi connectivity index (χ0n) is 10.5. The normalized spacial score (nSPS) is 11.5. The van der Waals surface area contributed by atoms with E-state index in [9.17, 15) is 4.79 Å². The number of benzene rings is 1. The Hall–Kier alpha value is -1.31. The molecule has 0 saturated carbocycles. The highest BCUT2D eigenvalue weighted by molar-refractivity contribution is 5.88. The standard InChI is InChI=1S/C14H20O2/c1-5-6-14(3,4)12-8-10(2)7-11(9-12)13(15)16/h7-9H,5-6H2,1-4H3,(H,15,16). The first-order valence-electron chi connectivity index (χ1n) is 5.72. The van der Waals surface area contributed by atoms with Crippen LogP contribution in [0, 0.1) is 6.92 Å². The van der Waals surface area contributed by atoms with Crippen molar-refractivity contribution in [1.82, 2.24) is 0 Å². The lowest BCUT2D eigenvalue weighted by atomic mass is 9.79. The van der Waals surface area contributed by atoms with Crippen molar-refractivity contribution in [2.75, 3.05) is 0 Å². The third-order valence-electron chi connectivity index (χ3n) is 2.98. The fourth-order valence-corrected chi connectivity index (χ4v) is 2.07. The summed E-state index contributed by atoms with van der Waals surface area (Å²) in [6.07, 6.45) is 2.17. The molecule has 0 spiro atoms. The Labute approximate surface area is 97.3 Å². The van der Waals surface area contributed by atoms with E-state index in [4.69, 9.17) is 5.11 Å². The third-order valence-corrected chi connectivity index (χ3v) is 2.98. The Balaban J connectivity index is 3.19. The summed E-state index contributed by atoms with van der Waals surface area (Å²) in [5, 5.41) is 9.03. The topological polar surface area (TPSA) is 37.3 Å². The number of rotatable bonds is 4. The number of hydrogen-bond donors (Lipinski definition) is 1. The Bertz CT molecular complexity index is 392. The van der Waals surface area contributed by atoms with Gasteiger partial charge >= 0.3 is 5.97 Å². The number of aryl methyl sites for hydroxylation is 1. The smallest absolute Gasteiger partial charge is 0.335 e. The molecule has 0 atom stereocenters. The van der Waals surface area contributed by atoms with Crippen LogP contribution in [0.25, 0.3) is 0 Å². The summed E-state index contributed by atoms with van der Waals surface area (Å²) in [5.41, 5.74) is 2.57. The van der Waals surface area contributed by atoms with Gasteiger partial charge in [0.1, 0.15) is 0 Å². The van der Waals surface area contributed by atoms with Crippen LogP contribution in [0.1, 0.15) is 55.1 Å². The summed E-state index contributed by atoms with van der Waals surface area (Å²) in [7, 11) is 0. The second kappa shape index (κ2) is 4.69. The number of carbonyl (C=O) groups is 1. The van der Waals surface area contributed by atoms with Crippen LogP contribution in [0.2, 0.25) is 0 Å². The van der Waals surface area contributed by atoms with E-state index in [-0.39, 0.29) is 5.41 Å². The predicted octanol–water partition coefficient (Wildman–Crippen LogP) is 3.77. The van der Waals surface area contributed by atoms with Crippen LogP contribution in [0.5, 0.6) is 0 Å². The molecule has 0 fully saturated rings. The Kier molecular flexibility index (Phi) is 3.74. The fraction of sp³-hybridized carbons (Fsp3) is 0.500. The Morgan fingerprint density at radius 1 is 1.31 bits per heavy atom. The van der Waals surface area contributed by atoms with E-state index < -0.39 is 5.97 Å². The molecule has 0 heterocycles. The van der Waals surface area contributed by atoms with Crippen LogP contribution in [0.3, 0.4) is 0 Å². The van der Waals surface area contributed by atoms with Gasteiger partial charge in [0.2, 0.25) is 0 Å². The van der Waals surface area contributed by atoms with Gasteiger partial charge in [-0.05, 0) is 42.0 Å². The van der Waals surface area contributed by atoms with Gasteiger partial charge in [-0.15, -0.1) is 0 Å². The minimum absolute atomic E-state index is 0.0466. The van der Waals surface area contributed by atoms with Crippen LogP contribution in [0.15, 0.2) is 18.2 Å². The van der Waals surface area contributed by atoms with Gasteiger partial charge in [0.15, 0.2) is 0 Å². The average Bonchev–Trinajstić information content (AvgIpc) is 2.16. The van der Waals surface area contributed by atoms with E-state index in [1.54, 1.807) is 12.1 Å². The quantitative estimate of drug-likeness (QED) is 0.838. The highest BCUT2D eigenvalue weighted by Crippen LogP contribution is 2.29. The summed E-state index contributed by atoms with van der Waals surface area (Å²) >= 11 is 0. The van der Waals surface area contributed by atoms with Crippen LogP contribution in [-0.2, 0) is 5.41 Å². The predicted molar refractivity (Wildman–Crippen MR) is 66.1 cm³/mol. The number of carboxylic acids is 1. The van der Waals surface area contributed by atoms with Crippen molar-refractivity contribution in [3.63, 3.8) is 0 Å². The second-order valence-electron chi connectivity index (χ2n) is 5.03. The molecule has 2 heteroatoms. The molecule has 0 saturated heterocycles. The summed E-state index contributed by atoms with van der Waals surface area (Å²) in [5.74, 6) is -0.850. The van der Waals surface area contributed by atoms with E-state index >= 15 is 0 Å². The molecule has 0 aliphatic rings. The van der Waals surface area contributed by atoms with Gasteiger partial charge in [0.25, 0.3) is 0 Å². The van der Waals surface area contributed by atoms with Gasteiger partial charge < -0.3 is 5.11 Å². The summed E-state index contributed by atoms with van der Waals surface area (Å²) in [6, 6.07) is 5.60. The average molecular weight is 220 g/mol. The van der Waals surface area contributed by atoms with Gasteiger partial charge in [-0.1, -0.05) is 33.3 Å². The van der Waals surface area contributed by atoms with Gasteiger partial charge in [-0.2, -0.15) is 0 Å². The van der Waals surface area contributed by atoms with Crippen LogP contribution in [-0.4, -0.2) is 11.1 Å². The first-order valence-corrected chi connectivity index (χ1v) is 5.72. The summed E-state index contributed by atoms with van der Waals surface area (Å²) in [6.45, 7) is 8.42. The maximum atomic E-state index is 11.0. The molecule has 88 valence electrons. The zero-order valence-corrected chi connectivity index (χ0v) is 10.5. The van der Waals surface area contributed by atoms with Gasteiger partial charge in [0.05, 0.1) is 5.56 Å². The van der Waals surface area contributed by atoms with E-state index in [1.165, 1.54) is 0 Å². The number of carboxylic acid groups (broad SMARTS) is 1. The molecule has 0 radical (unpaired) electrons. The Morgan fingerprint density at radius 2 is 1.94 bits per heavy atom.